The zero-order valence-corrected chi connectivity index (χ0v) is 13.7. The summed E-state index contributed by atoms with van der Waals surface area (Å²) in [6.45, 7) is 3.75. The lowest BCUT2D eigenvalue weighted by molar-refractivity contribution is 0.0235. The summed E-state index contributed by atoms with van der Waals surface area (Å²) < 4.78 is 1.73. The van der Waals surface area contributed by atoms with E-state index < -0.39 is 0 Å². The van der Waals surface area contributed by atoms with Crippen molar-refractivity contribution in [2.24, 2.45) is 13.0 Å². The van der Waals surface area contributed by atoms with Gasteiger partial charge in [0.1, 0.15) is 4.88 Å². The fourth-order valence-electron chi connectivity index (χ4n) is 2.92. The summed E-state index contributed by atoms with van der Waals surface area (Å²) in [6.07, 6.45) is 4.86. The highest BCUT2D eigenvalue weighted by atomic mass is 32.1. The minimum atomic E-state index is -0.256. The highest BCUT2D eigenvalue weighted by Gasteiger charge is 2.36. The number of rotatable bonds is 4. The number of aliphatic hydroxyl groups excluding tert-OH is 1. The van der Waals surface area contributed by atoms with Crippen LogP contribution in [0.15, 0.2) is 12.4 Å². The minimum Gasteiger partial charge on any atom is -0.393 e. The van der Waals surface area contributed by atoms with Gasteiger partial charge in [-0.1, -0.05) is 0 Å². The number of hydrogen-bond acceptors (Lipinski definition) is 5. The summed E-state index contributed by atoms with van der Waals surface area (Å²) in [7, 11) is 1.86. The first-order chi connectivity index (χ1) is 10.4. The molecule has 22 heavy (non-hydrogen) atoms. The third kappa shape index (κ3) is 2.91. The molecule has 0 saturated heterocycles. The number of hydrogen-bond donors (Lipinski definition) is 2. The molecular weight excluding hydrogens is 300 g/mol. The molecule has 1 saturated carbocycles. The number of carbonyl (C=O) groups excluding carboxylic acids is 1. The normalized spacial score (nSPS) is 22.2. The van der Waals surface area contributed by atoms with E-state index in [0.29, 0.717) is 17.7 Å². The van der Waals surface area contributed by atoms with Crippen molar-refractivity contribution in [3.8, 4) is 0 Å². The van der Waals surface area contributed by atoms with Gasteiger partial charge >= 0.3 is 0 Å². The van der Waals surface area contributed by atoms with Crippen LogP contribution in [-0.2, 0) is 7.05 Å². The molecule has 0 aromatic carbocycles. The average molecular weight is 320 g/mol. The number of aliphatic hydroxyl groups is 1. The van der Waals surface area contributed by atoms with Crippen molar-refractivity contribution in [3.05, 3.63) is 33.5 Å². The molecule has 2 aromatic rings. The molecule has 0 bridgehead atoms. The van der Waals surface area contributed by atoms with Gasteiger partial charge in [0.15, 0.2) is 0 Å². The van der Waals surface area contributed by atoms with E-state index in [2.05, 4.69) is 15.4 Å². The topological polar surface area (TPSA) is 80.0 Å². The van der Waals surface area contributed by atoms with Gasteiger partial charge < -0.3 is 10.4 Å². The number of nitrogens with zero attached hydrogens (tertiary/aromatic N) is 3. The molecule has 2 aromatic heterocycles. The van der Waals surface area contributed by atoms with Gasteiger partial charge in [0.05, 0.1) is 29.0 Å². The van der Waals surface area contributed by atoms with Crippen molar-refractivity contribution < 1.29 is 9.90 Å². The van der Waals surface area contributed by atoms with Crippen molar-refractivity contribution in [3.63, 3.8) is 0 Å². The van der Waals surface area contributed by atoms with Crippen LogP contribution in [0.4, 0.5) is 0 Å². The fourth-order valence-corrected chi connectivity index (χ4v) is 3.75. The summed E-state index contributed by atoms with van der Waals surface area (Å²) in [5, 5.41) is 17.8. The Bertz CT molecular complexity index is 688. The lowest BCUT2D eigenvalue weighted by Gasteiger charge is -2.37. The van der Waals surface area contributed by atoms with Gasteiger partial charge in [0.2, 0.25) is 0 Å². The van der Waals surface area contributed by atoms with Gasteiger partial charge in [-0.25, -0.2) is 4.98 Å². The van der Waals surface area contributed by atoms with Crippen LogP contribution in [0, 0.1) is 19.8 Å². The smallest absolute Gasteiger partial charge is 0.263 e. The van der Waals surface area contributed by atoms with Crippen LogP contribution in [0.2, 0.25) is 0 Å². The number of thiazole rings is 1. The molecule has 3 rings (SSSR count). The third-order valence-corrected chi connectivity index (χ3v) is 5.17. The van der Waals surface area contributed by atoms with Gasteiger partial charge in [-0.05, 0) is 32.6 Å². The van der Waals surface area contributed by atoms with E-state index in [1.54, 1.807) is 10.9 Å². The lowest BCUT2D eigenvalue weighted by atomic mass is 9.75. The van der Waals surface area contributed by atoms with Gasteiger partial charge in [0, 0.05) is 18.8 Å². The van der Waals surface area contributed by atoms with Crippen LogP contribution < -0.4 is 5.32 Å². The van der Waals surface area contributed by atoms with Crippen LogP contribution in [0.1, 0.15) is 44.8 Å². The summed E-state index contributed by atoms with van der Waals surface area (Å²) in [5.41, 5.74) is 1.74. The fraction of sp³-hybridized carbons (Fsp3) is 0.533. The first kappa shape index (κ1) is 15.2. The van der Waals surface area contributed by atoms with Crippen molar-refractivity contribution >= 4 is 17.2 Å². The molecule has 0 radical (unpaired) electrons. The second kappa shape index (κ2) is 5.81. The van der Waals surface area contributed by atoms with Crippen LogP contribution in [0.3, 0.4) is 0 Å². The largest absolute Gasteiger partial charge is 0.393 e. The van der Waals surface area contributed by atoms with Gasteiger partial charge in [-0.15, -0.1) is 11.3 Å². The summed E-state index contributed by atoms with van der Waals surface area (Å²) in [6, 6.07) is -0.119. The molecule has 2 N–H and O–H groups in total. The number of amides is 1. The molecule has 1 aliphatic carbocycles. The molecular formula is C15H20N4O2S. The maximum absolute atomic E-state index is 12.6. The maximum Gasteiger partial charge on any atom is 0.263 e. The number of aryl methyl sites for hydroxylation is 3. The predicted molar refractivity (Wildman–Crippen MR) is 83.7 cm³/mol. The van der Waals surface area contributed by atoms with Gasteiger partial charge in [0.25, 0.3) is 5.91 Å². The minimum absolute atomic E-state index is 0.0988. The van der Waals surface area contributed by atoms with Crippen LogP contribution in [0.5, 0.6) is 0 Å². The van der Waals surface area contributed by atoms with Crippen molar-refractivity contribution in [1.82, 2.24) is 20.1 Å². The zero-order valence-electron chi connectivity index (χ0n) is 12.9. The molecule has 2 heterocycles. The Labute approximate surface area is 133 Å². The average Bonchev–Trinajstić information content (AvgIpc) is 2.98. The van der Waals surface area contributed by atoms with E-state index in [1.807, 2.05) is 27.1 Å². The number of aromatic nitrogens is 3. The second-order valence-electron chi connectivity index (χ2n) is 5.93. The Morgan fingerprint density at radius 1 is 1.50 bits per heavy atom. The van der Waals surface area contributed by atoms with Crippen LogP contribution in [-0.4, -0.2) is 31.9 Å². The Hall–Kier alpha value is -1.73. The molecule has 1 fully saturated rings. The zero-order chi connectivity index (χ0) is 15.9. The number of carbonyl (C=O) groups is 1. The predicted octanol–water partition coefficient (Wildman–Crippen LogP) is 1.74. The SMILES string of the molecule is Cc1nc(C)c(C(=O)N[C@@H](c2cnn(C)c2)C2CC(O)C2)s1. The van der Waals surface area contributed by atoms with Crippen molar-refractivity contribution in [2.75, 3.05) is 0 Å². The Morgan fingerprint density at radius 3 is 2.73 bits per heavy atom. The molecule has 0 unspecified atom stereocenters. The highest BCUT2D eigenvalue weighted by molar-refractivity contribution is 7.13. The van der Waals surface area contributed by atoms with Gasteiger partial charge in [-0.3, -0.25) is 9.48 Å². The van der Waals surface area contributed by atoms with Crippen LogP contribution in [0.25, 0.3) is 0 Å². The van der Waals surface area contributed by atoms with E-state index in [1.165, 1.54) is 11.3 Å². The molecule has 7 heteroatoms. The molecule has 6 nitrogen and oxygen atoms in total. The molecule has 118 valence electrons. The van der Waals surface area contributed by atoms with Crippen molar-refractivity contribution in [1.29, 1.82) is 0 Å². The van der Waals surface area contributed by atoms with Gasteiger partial charge in [-0.2, -0.15) is 5.10 Å². The lowest BCUT2D eigenvalue weighted by Crippen LogP contribution is -2.41. The number of nitrogens with one attached hydrogen (secondary N) is 1. The maximum atomic E-state index is 12.6. The Kier molecular flexibility index (Phi) is 4.01. The third-order valence-electron chi connectivity index (χ3n) is 4.10. The standard InChI is InChI=1S/C15H20N4O2S/c1-8-14(22-9(2)17-8)15(21)18-13(10-4-12(20)5-10)11-6-16-19(3)7-11/h6-7,10,12-13,20H,4-5H2,1-3H3,(H,18,21)/t10?,12?,13-/m1/s1. The van der Waals surface area contributed by atoms with E-state index in [-0.39, 0.29) is 24.0 Å². The molecule has 1 aliphatic rings. The Morgan fingerprint density at radius 2 is 2.23 bits per heavy atom. The summed E-state index contributed by atoms with van der Waals surface area (Å²) >= 11 is 1.41. The highest BCUT2D eigenvalue weighted by Crippen LogP contribution is 2.38. The Balaban J connectivity index is 1.81. The first-order valence-corrected chi connectivity index (χ1v) is 8.17. The molecule has 0 aliphatic heterocycles. The monoisotopic (exact) mass is 320 g/mol. The summed E-state index contributed by atoms with van der Waals surface area (Å²) in [5.74, 6) is 0.149. The van der Waals surface area contributed by atoms with E-state index in [0.717, 1.165) is 16.3 Å². The van der Waals surface area contributed by atoms with E-state index in [4.69, 9.17) is 0 Å². The first-order valence-electron chi connectivity index (χ1n) is 7.35. The second-order valence-corrected chi connectivity index (χ2v) is 7.13. The van der Waals surface area contributed by atoms with E-state index >= 15 is 0 Å². The van der Waals surface area contributed by atoms with Crippen LogP contribution >= 0.6 is 11.3 Å². The summed E-state index contributed by atoms with van der Waals surface area (Å²) in [4.78, 5) is 17.5. The molecule has 1 atom stereocenters. The quantitative estimate of drug-likeness (QED) is 0.899. The molecule has 1 amide bonds. The van der Waals surface area contributed by atoms with E-state index in [9.17, 15) is 9.90 Å². The molecule has 0 spiro atoms. The van der Waals surface area contributed by atoms with Crippen molar-refractivity contribution in [2.45, 2.75) is 38.8 Å².